The Kier molecular flexibility index (Phi) is 9.10. The van der Waals surface area contributed by atoms with Gasteiger partial charge in [-0.15, -0.1) is 0 Å². The first-order chi connectivity index (χ1) is 19.0. The van der Waals surface area contributed by atoms with Crippen molar-refractivity contribution in [1.29, 1.82) is 0 Å². The predicted molar refractivity (Wildman–Crippen MR) is 158 cm³/mol. The zero-order valence-corrected chi connectivity index (χ0v) is 25.0. The summed E-state index contributed by atoms with van der Waals surface area (Å²) < 4.78 is 55.5. The number of hydrogen-bond donors (Lipinski definition) is 0. The van der Waals surface area contributed by atoms with E-state index in [0.717, 1.165) is 30.9 Å². The predicted octanol–water partition coefficient (Wildman–Crippen LogP) is 9.21. The van der Waals surface area contributed by atoms with Gasteiger partial charge in [0.15, 0.2) is 7.36 Å². The number of amides is 1. The van der Waals surface area contributed by atoms with Crippen LogP contribution in [0.3, 0.4) is 0 Å². The summed E-state index contributed by atoms with van der Waals surface area (Å²) in [4.78, 5) is 16.0. The Morgan fingerprint density at radius 1 is 0.900 bits per heavy atom. The summed E-state index contributed by atoms with van der Waals surface area (Å²) in [5.74, 6) is 0.321. The van der Waals surface area contributed by atoms with Crippen molar-refractivity contribution in [3.8, 4) is 5.75 Å². The molecule has 0 N–H and O–H groups in total. The third-order valence-electron chi connectivity index (χ3n) is 6.74. The number of hydrogen-bond acceptors (Lipinski definition) is 4. The third-order valence-corrected chi connectivity index (χ3v) is 11.3. The maximum atomic E-state index is 13.9. The van der Waals surface area contributed by atoms with Gasteiger partial charge in [0.25, 0.3) is 0 Å². The van der Waals surface area contributed by atoms with E-state index < -0.39 is 25.2 Å². The van der Waals surface area contributed by atoms with Gasteiger partial charge in [-0.25, -0.2) is 18.9 Å². The van der Waals surface area contributed by atoms with Gasteiger partial charge in [0.05, 0.1) is 32.3 Å². The van der Waals surface area contributed by atoms with Crippen LogP contribution in [0.1, 0.15) is 33.3 Å². The molecule has 4 rings (SSSR count). The van der Waals surface area contributed by atoms with Crippen molar-refractivity contribution >= 4 is 59.0 Å². The first-order valence-electron chi connectivity index (χ1n) is 12.9. The second kappa shape index (κ2) is 12.0. The van der Waals surface area contributed by atoms with E-state index in [-0.39, 0.29) is 10.7 Å². The number of rotatable bonds is 8. The van der Waals surface area contributed by atoms with Crippen molar-refractivity contribution in [3.05, 3.63) is 76.3 Å². The molecule has 3 aromatic rings. The molecule has 0 spiro atoms. The molecular formula is C28H30Cl2F3N4O2P. The van der Waals surface area contributed by atoms with Gasteiger partial charge in [0.2, 0.25) is 0 Å². The monoisotopic (exact) mass is 612 g/mol. The SMILES string of the molecule is CCN(CC)c1ccc2c(c1)OC(=O)N(c1ccc(Cl)c(Cl)c1)[P@@]2(=Nc1cccc(C(F)(F)F)c1)N(CC)CC. The van der Waals surface area contributed by atoms with Crippen molar-refractivity contribution in [1.82, 2.24) is 4.67 Å². The Labute approximate surface area is 242 Å². The summed E-state index contributed by atoms with van der Waals surface area (Å²) in [6.07, 6.45) is -5.27. The van der Waals surface area contributed by atoms with Crippen molar-refractivity contribution < 1.29 is 22.7 Å². The minimum atomic E-state index is -4.56. The molecule has 1 atom stereocenters. The molecule has 214 valence electrons. The fourth-order valence-electron chi connectivity index (χ4n) is 4.82. The Morgan fingerprint density at radius 3 is 2.20 bits per heavy atom. The maximum Gasteiger partial charge on any atom is 0.425 e. The molecule has 0 fully saturated rings. The second-order valence-electron chi connectivity index (χ2n) is 8.96. The number of carbonyl (C=O) groups is 1. The number of halogens is 5. The van der Waals surface area contributed by atoms with Gasteiger partial charge in [-0.1, -0.05) is 43.1 Å². The molecule has 1 amide bonds. The van der Waals surface area contributed by atoms with Crippen LogP contribution in [0.25, 0.3) is 0 Å². The summed E-state index contributed by atoms with van der Waals surface area (Å²) in [5.41, 5.74) is 0.489. The molecule has 12 heteroatoms. The van der Waals surface area contributed by atoms with Crippen LogP contribution >= 0.6 is 30.6 Å². The highest BCUT2D eigenvalue weighted by atomic mass is 35.5. The molecule has 40 heavy (non-hydrogen) atoms. The van der Waals surface area contributed by atoms with E-state index >= 15 is 0 Å². The van der Waals surface area contributed by atoms with Crippen LogP contribution in [-0.4, -0.2) is 36.9 Å². The van der Waals surface area contributed by atoms with Gasteiger partial charge in [0.1, 0.15) is 5.75 Å². The van der Waals surface area contributed by atoms with Gasteiger partial charge in [-0.2, -0.15) is 13.2 Å². The van der Waals surface area contributed by atoms with E-state index in [1.165, 1.54) is 16.8 Å². The molecule has 3 aromatic carbocycles. The van der Waals surface area contributed by atoms with E-state index in [9.17, 15) is 18.0 Å². The molecule has 0 aliphatic carbocycles. The molecule has 0 unspecified atom stereocenters. The number of benzene rings is 3. The zero-order valence-electron chi connectivity index (χ0n) is 22.5. The van der Waals surface area contributed by atoms with Crippen LogP contribution in [0.15, 0.2) is 65.4 Å². The van der Waals surface area contributed by atoms with Crippen LogP contribution in [-0.2, 0) is 6.18 Å². The first kappa shape index (κ1) is 30.3. The summed E-state index contributed by atoms with van der Waals surface area (Å²) in [6.45, 7) is 10.3. The van der Waals surface area contributed by atoms with Gasteiger partial charge < -0.3 is 9.64 Å². The third kappa shape index (κ3) is 5.57. The smallest absolute Gasteiger partial charge is 0.409 e. The van der Waals surface area contributed by atoms with Gasteiger partial charge >= 0.3 is 12.3 Å². The molecule has 0 aromatic heterocycles. The van der Waals surface area contributed by atoms with Crippen molar-refractivity contribution in [2.75, 3.05) is 35.7 Å². The Bertz CT molecular complexity index is 1460. The molecule has 0 bridgehead atoms. The standard InChI is InChI=1S/C28H30Cl2F3N4O2P/c1-5-35(6-2)21-13-15-26-25(18-21)39-27(38)37(22-12-14-23(29)24(30)17-22)40(26,36(7-3)8-4)34-20-11-9-10-19(16-20)28(31,32)33/h9-18H,5-8H2,1-4H3/t40-/m0/s1. The van der Waals surface area contributed by atoms with Crippen molar-refractivity contribution in [2.24, 2.45) is 4.74 Å². The fraction of sp³-hybridized carbons (Fsp3) is 0.321. The summed E-state index contributed by atoms with van der Waals surface area (Å²) in [7, 11) is -3.35. The quantitative estimate of drug-likeness (QED) is 0.238. The largest absolute Gasteiger partial charge is 0.425 e. The lowest BCUT2D eigenvalue weighted by Crippen LogP contribution is -2.46. The lowest BCUT2D eigenvalue weighted by atomic mass is 10.2. The highest BCUT2D eigenvalue weighted by Gasteiger charge is 2.47. The average molecular weight is 613 g/mol. The number of ether oxygens (including phenoxy) is 1. The highest BCUT2D eigenvalue weighted by molar-refractivity contribution is 7.74. The topological polar surface area (TPSA) is 48.4 Å². The summed E-state index contributed by atoms with van der Waals surface area (Å²) in [6, 6.07) is 15.2. The van der Waals surface area contributed by atoms with Crippen LogP contribution < -0.4 is 19.6 Å². The van der Waals surface area contributed by atoms with E-state index in [1.807, 2.05) is 44.5 Å². The summed E-state index contributed by atoms with van der Waals surface area (Å²) >= 11 is 12.6. The van der Waals surface area contributed by atoms with Gasteiger partial charge in [-0.05, 0) is 62.4 Å². The van der Waals surface area contributed by atoms with Crippen LogP contribution in [0.4, 0.5) is 35.0 Å². The van der Waals surface area contributed by atoms with Crippen LogP contribution in [0.2, 0.25) is 10.0 Å². The fourth-order valence-corrected chi connectivity index (χ4v) is 8.84. The number of carbonyl (C=O) groups excluding carboxylic acids is 1. The molecule has 1 aliphatic rings. The molecule has 1 heterocycles. The molecule has 1 aliphatic heterocycles. The van der Waals surface area contributed by atoms with E-state index in [1.54, 1.807) is 24.3 Å². The number of anilines is 2. The average Bonchev–Trinajstić information content (AvgIpc) is 2.91. The zero-order chi connectivity index (χ0) is 29.2. The number of nitrogens with zero attached hydrogens (tertiary/aromatic N) is 4. The second-order valence-corrected chi connectivity index (χ2v) is 12.6. The van der Waals surface area contributed by atoms with Crippen molar-refractivity contribution in [3.63, 3.8) is 0 Å². The van der Waals surface area contributed by atoms with Crippen LogP contribution in [0.5, 0.6) is 5.75 Å². The maximum absolute atomic E-state index is 13.9. The summed E-state index contributed by atoms with van der Waals surface area (Å²) in [5, 5.41) is 1.11. The van der Waals surface area contributed by atoms with Gasteiger partial charge in [0, 0.05) is 37.9 Å². The lowest BCUT2D eigenvalue weighted by molar-refractivity contribution is -0.137. The van der Waals surface area contributed by atoms with E-state index in [2.05, 4.69) is 4.90 Å². The van der Waals surface area contributed by atoms with E-state index in [4.69, 9.17) is 32.7 Å². The Hall–Kier alpha value is -2.71. The minimum absolute atomic E-state index is 0.0913. The van der Waals surface area contributed by atoms with Crippen LogP contribution in [0, 0.1) is 0 Å². The molecule has 0 saturated heterocycles. The molecule has 0 radical (unpaired) electrons. The Morgan fingerprint density at radius 2 is 1.60 bits per heavy atom. The molecule has 0 saturated carbocycles. The molecular weight excluding hydrogens is 583 g/mol. The molecule has 6 nitrogen and oxygen atoms in total. The normalized spacial score (nSPS) is 17.1. The minimum Gasteiger partial charge on any atom is -0.409 e. The van der Waals surface area contributed by atoms with Crippen molar-refractivity contribution in [2.45, 2.75) is 33.9 Å². The number of alkyl halides is 3. The van der Waals surface area contributed by atoms with E-state index in [0.29, 0.717) is 34.9 Å². The van der Waals surface area contributed by atoms with Gasteiger partial charge in [-0.3, -0.25) is 0 Å². The number of fused-ring (bicyclic) bond motifs is 1. The first-order valence-corrected chi connectivity index (χ1v) is 15.3. The lowest BCUT2D eigenvalue weighted by Gasteiger charge is -2.45. The highest BCUT2D eigenvalue weighted by Crippen LogP contribution is 2.63. The Balaban J connectivity index is 2.13.